The monoisotopic (exact) mass is 388 g/mol. The molecule has 3 heterocycles. The second-order valence-corrected chi connectivity index (χ2v) is 14.0. The summed E-state index contributed by atoms with van der Waals surface area (Å²) in [6.07, 6.45) is 3.22. The summed E-state index contributed by atoms with van der Waals surface area (Å²) in [7, 11) is -1.40. The molecule has 3 rings (SSSR count). The minimum atomic E-state index is -1.40. The summed E-state index contributed by atoms with van der Waals surface area (Å²) in [4.78, 5) is 23.1. The Bertz CT molecular complexity index is 806. The van der Waals surface area contributed by atoms with Gasteiger partial charge in [-0.15, -0.1) is 0 Å². The molecule has 27 heavy (non-hydrogen) atoms. The Kier molecular flexibility index (Phi) is 5.11. The van der Waals surface area contributed by atoms with Crippen LogP contribution < -0.4 is 5.19 Å². The van der Waals surface area contributed by atoms with Gasteiger partial charge in [0.05, 0.1) is 8.07 Å². The summed E-state index contributed by atoms with van der Waals surface area (Å²) >= 11 is 0. The van der Waals surface area contributed by atoms with Crippen LogP contribution in [0.4, 0.5) is 4.79 Å². The van der Waals surface area contributed by atoms with Crippen molar-refractivity contribution >= 4 is 19.4 Å². The second kappa shape index (κ2) is 7.07. The number of likely N-dealkylation sites (tertiary alicyclic amines) is 1. The molecule has 146 valence electrons. The van der Waals surface area contributed by atoms with Crippen molar-refractivity contribution in [3.05, 3.63) is 24.2 Å². The average Bonchev–Trinajstić information content (AvgIpc) is 3.21. The quantitative estimate of drug-likeness (QED) is 0.745. The van der Waals surface area contributed by atoms with E-state index in [1.54, 1.807) is 4.90 Å². The Morgan fingerprint density at radius 1 is 1.30 bits per heavy atom. The average molecular weight is 389 g/mol. The molecule has 2 aromatic heterocycles. The van der Waals surface area contributed by atoms with Crippen LogP contribution in [-0.4, -0.2) is 46.3 Å². The summed E-state index contributed by atoms with van der Waals surface area (Å²) in [5.41, 5.74) is 0.139. The highest BCUT2D eigenvalue weighted by molar-refractivity contribution is 6.88. The van der Waals surface area contributed by atoms with Gasteiger partial charge in [0.15, 0.2) is 0 Å². The van der Waals surface area contributed by atoms with Crippen molar-refractivity contribution < 1.29 is 14.1 Å². The Morgan fingerprint density at radius 3 is 2.63 bits per heavy atom. The van der Waals surface area contributed by atoms with Crippen molar-refractivity contribution in [2.75, 3.05) is 6.54 Å². The Morgan fingerprint density at radius 2 is 2.04 bits per heavy atom. The van der Waals surface area contributed by atoms with Crippen LogP contribution in [0.1, 0.15) is 45.5 Å². The van der Waals surface area contributed by atoms with Crippen LogP contribution >= 0.6 is 0 Å². The maximum atomic E-state index is 12.5. The fourth-order valence-corrected chi connectivity index (χ4v) is 4.04. The van der Waals surface area contributed by atoms with Gasteiger partial charge in [-0.2, -0.15) is 4.98 Å². The first-order chi connectivity index (χ1) is 12.5. The number of carbonyl (C=O) groups is 1. The van der Waals surface area contributed by atoms with E-state index in [9.17, 15) is 4.79 Å². The molecule has 0 saturated carbocycles. The van der Waals surface area contributed by atoms with Gasteiger partial charge in [0.25, 0.3) is 0 Å². The molecule has 1 unspecified atom stereocenters. The van der Waals surface area contributed by atoms with E-state index in [0.717, 1.165) is 12.8 Å². The van der Waals surface area contributed by atoms with Gasteiger partial charge in [0.1, 0.15) is 17.3 Å². The van der Waals surface area contributed by atoms with Crippen LogP contribution in [0.25, 0.3) is 11.5 Å². The molecule has 1 fully saturated rings. The molecule has 8 heteroatoms. The zero-order valence-electron chi connectivity index (χ0n) is 16.9. The van der Waals surface area contributed by atoms with Crippen molar-refractivity contribution in [1.82, 2.24) is 20.0 Å². The zero-order valence-corrected chi connectivity index (χ0v) is 17.9. The van der Waals surface area contributed by atoms with Crippen molar-refractivity contribution in [2.45, 2.75) is 64.9 Å². The van der Waals surface area contributed by atoms with Crippen LogP contribution in [0.5, 0.6) is 0 Å². The van der Waals surface area contributed by atoms with Crippen LogP contribution in [-0.2, 0) is 4.74 Å². The van der Waals surface area contributed by atoms with E-state index >= 15 is 0 Å². The van der Waals surface area contributed by atoms with Gasteiger partial charge < -0.3 is 9.26 Å². The van der Waals surface area contributed by atoms with E-state index in [-0.39, 0.29) is 12.1 Å². The Labute approximate surface area is 161 Å². The predicted octanol–water partition coefficient (Wildman–Crippen LogP) is 3.75. The third-order valence-electron chi connectivity index (χ3n) is 4.47. The van der Waals surface area contributed by atoms with E-state index in [1.807, 2.05) is 33.0 Å². The normalized spacial score (nSPS) is 18.0. The number of carbonyl (C=O) groups excluding carboxylic acids is 1. The predicted molar refractivity (Wildman–Crippen MR) is 105 cm³/mol. The number of hydrogen-bond donors (Lipinski definition) is 0. The molecule has 7 nitrogen and oxygen atoms in total. The van der Waals surface area contributed by atoms with Crippen molar-refractivity contribution in [3.63, 3.8) is 0 Å². The van der Waals surface area contributed by atoms with Crippen LogP contribution in [0.15, 0.2) is 22.9 Å². The van der Waals surface area contributed by atoms with Crippen molar-refractivity contribution in [3.8, 4) is 11.5 Å². The third-order valence-corrected chi connectivity index (χ3v) is 6.49. The highest BCUT2D eigenvalue weighted by atomic mass is 28.3. The molecule has 0 bridgehead atoms. The zero-order chi connectivity index (χ0) is 19.8. The molecule has 1 aliphatic rings. The lowest BCUT2D eigenvalue weighted by Crippen LogP contribution is -2.37. The number of pyridine rings is 1. The molecule has 2 aromatic rings. The minimum absolute atomic E-state index is 0.248. The topological polar surface area (TPSA) is 81.4 Å². The number of hydrogen-bond acceptors (Lipinski definition) is 6. The van der Waals surface area contributed by atoms with Crippen LogP contribution in [0.2, 0.25) is 19.6 Å². The Hall–Kier alpha value is -2.22. The lowest BCUT2D eigenvalue weighted by molar-refractivity contribution is 0.0199. The van der Waals surface area contributed by atoms with E-state index < -0.39 is 13.7 Å². The fraction of sp³-hybridized carbons (Fsp3) is 0.579. The number of rotatable bonds is 3. The van der Waals surface area contributed by atoms with Gasteiger partial charge >= 0.3 is 6.09 Å². The summed E-state index contributed by atoms with van der Waals surface area (Å²) < 4.78 is 11.0. The summed E-state index contributed by atoms with van der Waals surface area (Å²) in [5, 5.41) is 5.35. The number of amides is 1. The second-order valence-electron chi connectivity index (χ2n) is 8.97. The van der Waals surface area contributed by atoms with E-state index in [4.69, 9.17) is 9.26 Å². The molecule has 0 aliphatic carbocycles. The van der Waals surface area contributed by atoms with Gasteiger partial charge in [-0.05, 0) is 44.9 Å². The molecule has 1 aliphatic heterocycles. The molecule has 0 aromatic carbocycles. The summed E-state index contributed by atoms with van der Waals surface area (Å²) in [6.45, 7) is 13.0. The van der Waals surface area contributed by atoms with Gasteiger partial charge in [0, 0.05) is 12.7 Å². The third kappa shape index (κ3) is 4.55. The van der Waals surface area contributed by atoms with Crippen LogP contribution in [0.3, 0.4) is 0 Å². The fourth-order valence-electron chi connectivity index (χ4n) is 3.01. The first-order valence-electron chi connectivity index (χ1n) is 9.35. The number of aromatic nitrogens is 3. The van der Waals surface area contributed by atoms with Crippen molar-refractivity contribution in [2.24, 2.45) is 0 Å². The summed E-state index contributed by atoms with van der Waals surface area (Å²) in [6, 6.07) is 3.78. The van der Waals surface area contributed by atoms with E-state index in [1.165, 1.54) is 5.19 Å². The molecule has 0 spiro atoms. The van der Waals surface area contributed by atoms with E-state index in [0.29, 0.717) is 24.0 Å². The first-order valence-corrected chi connectivity index (χ1v) is 12.8. The first kappa shape index (κ1) is 19.5. The smallest absolute Gasteiger partial charge is 0.410 e. The van der Waals surface area contributed by atoms with Gasteiger partial charge in [-0.1, -0.05) is 30.9 Å². The maximum Gasteiger partial charge on any atom is 0.410 e. The molecule has 0 N–H and O–H groups in total. The minimum Gasteiger partial charge on any atom is -0.444 e. The molecular weight excluding hydrogens is 360 g/mol. The SMILES string of the molecule is CC(C)(C)OC(=O)N1CCCC1c1nc(-c2ccc([Si](C)(C)C)cn2)no1. The molecule has 1 amide bonds. The highest BCUT2D eigenvalue weighted by Crippen LogP contribution is 2.33. The lowest BCUT2D eigenvalue weighted by atomic mass is 10.2. The van der Waals surface area contributed by atoms with Crippen molar-refractivity contribution in [1.29, 1.82) is 0 Å². The van der Waals surface area contributed by atoms with Gasteiger partial charge in [-0.3, -0.25) is 9.88 Å². The number of ether oxygens (including phenoxy) is 1. The lowest BCUT2D eigenvalue weighted by Gasteiger charge is -2.26. The molecule has 1 saturated heterocycles. The molecular formula is C19H28N4O3Si. The van der Waals surface area contributed by atoms with Crippen LogP contribution in [0, 0.1) is 0 Å². The van der Waals surface area contributed by atoms with Gasteiger partial charge in [0.2, 0.25) is 11.7 Å². The summed E-state index contributed by atoms with van der Waals surface area (Å²) in [5.74, 6) is 0.882. The standard InChI is InChI=1S/C19H28N4O3Si/c1-19(2,3)25-18(24)23-11-7-8-15(23)17-21-16(22-26-17)14-10-9-13(12-20-14)27(4,5)6/h9-10,12,15H,7-8,11H2,1-6H3. The largest absolute Gasteiger partial charge is 0.444 e. The maximum absolute atomic E-state index is 12.5. The van der Waals surface area contributed by atoms with Gasteiger partial charge in [-0.25, -0.2) is 4.79 Å². The highest BCUT2D eigenvalue weighted by Gasteiger charge is 2.36. The molecule has 0 radical (unpaired) electrons. The molecule has 1 atom stereocenters. The van der Waals surface area contributed by atoms with E-state index in [2.05, 4.69) is 40.8 Å². The Balaban J connectivity index is 1.77. The number of nitrogens with zero attached hydrogens (tertiary/aromatic N) is 4.